The van der Waals surface area contributed by atoms with E-state index < -0.39 is 0 Å². The molecule has 7 heteroatoms. The zero-order chi connectivity index (χ0) is 14.1. The van der Waals surface area contributed by atoms with E-state index in [9.17, 15) is 0 Å². The Labute approximate surface area is 125 Å². The number of hydrogen-bond acceptors (Lipinski definition) is 6. The maximum atomic E-state index is 5.01. The van der Waals surface area contributed by atoms with Crippen LogP contribution in [0.1, 0.15) is 24.5 Å². The fourth-order valence-electron chi connectivity index (χ4n) is 1.92. The molecule has 2 heterocycles. The number of aromatic nitrogens is 4. The summed E-state index contributed by atoms with van der Waals surface area (Å²) >= 11 is 3.57. The predicted molar refractivity (Wildman–Crippen MR) is 78.8 cm³/mol. The summed E-state index contributed by atoms with van der Waals surface area (Å²) in [6, 6.07) is 3.56. The van der Waals surface area contributed by atoms with Crippen LogP contribution in [0.4, 0.5) is 5.82 Å². The molecular formula is C13H14BrN5O. The van der Waals surface area contributed by atoms with E-state index >= 15 is 0 Å². The lowest BCUT2D eigenvalue weighted by Gasteiger charge is -2.10. The summed E-state index contributed by atoms with van der Waals surface area (Å²) in [6.07, 6.45) is 2.35. The summed E-state index contributed by atoms with van der Waals surface area (Å²) in [5, 5.41) is 11.1. The number of nitrogens with one attached hydrogen (secondary N) is 1. The minimum Gasteiger partial charge on any atom is -0.480 e. The van der Waals surface area contributed by atoms with Crippen molar-refractivity contribution in [2.45, 2.75) is 18.8 Å². The van der Waals surface area contributed by atoms with Gasteiger partial charge >= 0.3 is 0 Å². The molecule has 0 bridgehead atoms. The van der Waals surface area contributed by atoms with E-state index in [1.807, 2.05) is 13.1 Å². The van der Waals surface area contributed by atoms with Crippen molar-refractivity contribution in [3.63, 3.8) is 0 Å². The van der Waals surface area contributed by atoms with Gasteiger partial charge in [0.15, 0.2) is 5.82 Å². The van der Waals surface area contributed by atoms with Crippen LogP contribution >= 0.6 is 15.9 Å². The van der Waals surface area contributed by atoms with Gasteiger partial charge in [0.25, 0.3) is 0 Å². The van der Waals surface area contributed by atoms with Crippen LogP contribution in [0.2, 0.25) is 0 Å². The number of halogens is 1. The highest BCUT2D eigenvalue weighted by Gasteiger charge is 2.29. The average molecular weight is 336 g/mol. The predicted octanol–water partition coefficient (Wildman–Crippen LogP) is 2.62. The molecule has 0 unspecified atom stereocenters. The van der Waals surface area contributed by atoms with E-state index in [0.29, 0.717) is 23.3 Å². The van der Waals surface area contributed by atoms with E-state index in [4.69, 9.17) is 4.74 Å². The molecule has 2 aromatic rings. The highest BCUT2D eigenvalue weighted by Crippen LogP contribution is 2.44. The third-order valence-corrected chi connectivity index (χ3v) is 3.94. The Morgan fingerprint density at radius 1 is 1.25 bits per heavy atom. The molecular weight excluding hydrogens is 322 g/mol. The van der Waals surface area contributed by atoms with Crippen molar-refractivity contribution in [3.8, 4) is 17.4 Å². The second kappa shape index (κ2) is 5.32. The minimum absolute atomic E-state index is 0.474. The molecule has 0 saturated heterocycles. The summed E-state index contributed by atoms with van der Waals surface area (Å²) in [4.78, 5) is 9.10. The van der Waals surface area contributed by atoms with Gasteiger partial charge in [0.1, 0.15) is 11.5 Å². The summed E-state index contributed by atoms with van der Waals surface area (Å²) < 4.78 is 5.94. The van der Waals surface area contributed by atoms with Crippen LogP contribution in [-0.2, 0) is 0 Å². The molecule has 1 aliphatic rings. The van der Waals surface area contributed by atoms with Crippen molar-refractivity contribution in [2.75, 3.05) is 19.5 Å². The Kier molecular flexibility index (Phi) is 3.52. The van der Waals surface area contributed by atoms with E-state index in [0.717, 1.165) is 16.0 Å². The maximum absolute atomic E-state index is 5.01. The average Bonchev–Trinajstić information content (AvgIpc) is 3.32. The topological polar surface area (TPSA) is 72.8 Å². The fraction of sp³-hybridized carbons (Fsp3) is 0.385. The highest BCUT2D eigenvalue weighted by molar-refractivity contribution is 9.10. The Morgan fingerprint density at radius 2 is 2.05 bits per heavy atom. The van der Waals surface area contributed by atoms with Gasteiger partial charge in [0.05, 0.1) is 17.3 Å². The fourth-order valence-corrected chi connectivity index (χ4v) is 2.62. The first kappa shape index (κ1) is 13.2. The van der Waals surface area contributed by atoms with Crippen molar-refractivity contribution in [1.82, 2.24) is 20.2 Å². The normalized spacial score (nSPS) is 14.2. The van der Waals surface area contributed by atoms with E-state index in [1.165, 1.54) is 12.8 Å². The number of ether oxygens (including phenoxy) is 1. The first-order valence-electron chi connectivity index (χ1n) is 6.36. The van der Waals surface area contributed by atoms with Gasteiger partial charge in [-0.3, -0.25) is 0 Å². The minimum atomic E-state index is 0.474. The molecule has 1 aliphatic carbocycles. The van der Waals surface area contributed by atoms with Gasteiger partial charge in [-0.05, 0) is 34.8 Å². The molecule has 0 aromatic carbocycles. The number of hydrogen-bond donors (Lipinski definition) is 1. The van der Waals surface area contributed by atoms with Crippen molar-refractivity contribution in [1.29, 1.82) is 0 Å². The van der Waals surface area contributed by atoms with Crippen LogP contribution in [-0.4, -0.2) is 34.3 Å². The molecule has 0 spiro atoms. The highest BCUT2D eigenvalue weighted by atomic mass is 79.9. The smallest absolute Gasteiger partial charge is 0.233 e. The molecule has 104 valence electrons. The SMILES string of the molecule is CNc1nc(-c2ccc(OC)nn2)nc(C2CC2)c1Br. The van der Waals surface area contributed by atoms with Gasteiger partial charge < -0.3 is 10.1 Å². The quantitative estimate of drug-likeness (QED) is 0.925. The zero-order valence-electron chi connectivity index (χ0n) is 11.2. The van der Waals surface area contributed by atoms with E-state index in [1.54, 1.807) is 13.2 Å². The van der Waals surface area contributed by atoms with Gasteiger partial charge in [0.2, 0.25) is 5.88 Å². The van der Waals surface area contributed by atoms with Crippen molar-refractivity contribution < 1.29 is 4.74 Å². The summed E-state index contributed by atoms with van der Waals surface area (Å²) in [5.74, 6) is 2.34. The van der Waals surface area contributed by atoms with Crippen LogP contribution in [0, 0.1) is 0 Å². The van der Waals surface area contributed by atoms with Gasteiger partial charge in [0, 0.05) is 19.0 Å². The second-order valence-corrected chi connectivity index (χ2v) is 5.37. The lowest BCUT2D eigenvalue weighted by molar-refractivity contribution is 0.392. The third kappa shape index (κ3) is 2.45. The van der Waals surface area contributed by atoms with E-state index in [-0.39, 0.29) is 0 Å². The van der Waals surface area contributed by atoms with Crippen LogP contribution < -0.4 is 10.1 Å². The first-order valence-corrected chi connectivity index (χ1v) is 7.15. The van der Waals surface area contributed by atoms with Crippen LogP contribution in [0.5, 0.6) is 5.88 Å². The molecule has 1 N–H and O–H groups in total. The standard InChI is InChI=1S/C13H14BrN5O/c1-15-13-10(14)11(7-3-4-7)16-12(17-13)8-5-6-9(20-2)19-18-8/h5-7H,3-4H2,1-2H3,(H,15,16,17). The summed E-state index contributed by atoms with van der Waals surface area (Å²) in [6.45, 7) is 0. The number of rotatable bonds is 4. The molecule has 2 aromatic heterocycles. The van der Waals surface area contributed by atoms with Gasteiger partial charge in [-0.1, -0.05) is 0 Å². The Hall–Kier alpha value is -1.76. The monoisotopic (exact) mass is 335 g/mol. The largest absolute Gasteiger partial charge is 0.480 e. The lowest BCUT2D eigenvalue weighted by Crippen LogP contribution is -2.04. The Bertz CT molecular complexity index is 627. The number of methoxy groups -OCH3 is 1. The molecule has 0 aliphatic heterocycles. The number of nitrogens with zero attached hydrogens (tertiary/aromatic N) is 4. The van der Waals surface area contributed by atoms with Gasteiger partial charge in [-0.15, -0.1) is 10.2 Å². The van der Waals surface area contributed by atoms with Gasteiger partial charge in [-0.2, -0.15) is 0 Å². The molecule has 0 radical (unpaired) electrons. The van der Waals surface area contributed by atoms with Crippen molar-refractivity contribution in [2.24, 2.45) is 0 Å². The maximum Gasteiger partial charge on any atom is 0.233 e. The van der Waals surface area contributed by atoms with Crippen LogP contribution in [0.15, 0.2) is 16.6 Å². The first-order chi connectivity index (χ1) is 9.72. The Balaban J connectivity index is 2.05. The van der Waals surface area contributed by atoms with Gasteiger partial charge in [-0.25, -0.2) is 9.97 Å². The summed E-state index contributed by atoms with van der Waals surface area (Å²) in [7, 11) is 3.40. The lowest BCUT2D eigenvalue weighted by atomic mass is 10.2. The molecule has 0 amide bonds. The van der Waals surface area contributed by atoms with Crippen molar-refractivity contribution in [3.05, 3.63) is 22.3 Å². The molecule has 3 rings (SSSR count). The van der Waals surface area contributed by atoms with Crippen molar-refractivity contribution >= 4 is 21.7 Å². The molecule has 20 heavy (non-hydrogen) atoms. The van der Waals surface area contributed by atoms with E-state index in [2.05, 4.69) is 41.4 Å². The third-order valence-electron chi connectivity index (χ3n) is 3.16. The molecule has 1 saturated carbocycles. The van der Waals surface area contributed by atoms with Crippen LogP contribution in [0.25, 0.3) is 11.5 Å². The Morgan fingerprint density at radius 3 is 2.60 bits per heavy atom. The molecule has 0 atom stereocenters. The van der Waals surface area contributed by atoms with Crippen LogP contribution in [0.3, 0.4) is 0 Å². The zero-order valence-corrected chi connectivity index (χ0v) is 12.8. The molecule has 6 nitrogen and oxygen atoms in total. The second-order valence-electron chi connectivity index (χ2n) is 4.58. The summed E-state index contributed by atoms with van der Waals surface area (Å²) in [5.41, 5.74) is 1.67. The number of anilines is 1. The molecule has 1 fully saturated rings.